The first-order valence-electron chi connectivity index (χ1n) is 7.44. The van der Waals surface area contributed by atoms with Gasteiger partial charge in [0.2, 0.25) is 0 Å². The molecule has 0 aliphatic heterocycles. The van der Waals surface area contributed by atoms with Crippen molar-refractivity contribution in [3.8, 4) is 5.69 Å². The van der Waals surface area contributed by atoms with Crippen LogP contribution < -0.4 is 0 Å². The van der Waals surface area contributed by atoms with Crippen LogP contribution in [0.25, 0.3) is 5.69 Å². The average molecular weight is 418 g/mol. The molecule has 25 heavy (non-hydrogen) atoms. The molecule has 0 saturated heterocycles. The van der Waals surface area contributed by atoms with Gasteiger partial charge in [-0.2, -0.15) is 0 Å². The number of rotatable bonds is 4. The summed E-state index contributed by atoms with van der Waals surface area (Å²) in [5.74, 6) is -0.425. The normalized spacial score (nSPS) is 11.0. The van der Waals surface area contributed by atoms with Crippen LogP contribution in [-0.4, -0.2) is 23.9 Å². The number of esters is 1. The Labute approximate surface area is 158 Å². The number of ether oxygens (including phenoxy) is 1. The molecule has 0 bridgehead atoms. The van der Waals surface area contributed by atoms with Crippen LogP contribution in [0.15, 0.2) is 70.3 Å². The van der Waals surface area contributed by atoms with Crippen LogP contribution >= 0.6 is 27.5 Å². The van der Waals surface area contributed by atoms with E-state index >= 15 is 0 Å². The molecule has 0 amide bonds. The fourth-order valence-electron chi connectivity index (χ4n) is 2.33. The van der Waals surface area contributed by atoms with Crippen molar-refractivity contribution in [2.45, 2.75) is 0 Å². The monoisotopic (exact) mass is 416 g/mol. The molecule has 2 aromatic carbocycles. The minimum atomic E-state index is -0.425. The van der Waals surface area contributed by atoms with E-state index in [-0.39, 0.29) is 0 Å². The van der Waals surface area contributed by atoms with Gasteiger partial charge in [-0.25, -0.2) is 4.79 Å². The van der Waals surface area contributed by atoms with E-state index in [1.165, 1.54) is 7.11 Å². The lowest BCUT2D eigenvalue weighted by atomic mass is 10.2. The average Bonchev–Trinajstić information content (AvgIpc) is 3.09. The number of aromatic nitrogens is 1. The van der Waals surface area contributed by atoms with Crippen molar-refractivity contribution in [3.63, 3.8) is 0 Å². The summed E-state index contributed by atoms with van der Waals surface area (Å²) in [6.07, 6.45) is 3.67. The molecule has 0 aliphatic carbocycles. The van der Waals surface area contributed by atoms with Crippen molar-refractivity contribution in [1.29, 1.82) is 0 Å². The fraction of sp³-hybridized carbons (Fsp3) is 0.0526. The maximum atomic E-state index is 11.7. The lowest BCUT2D eigenvalue weighted by Crippen LogP contribution is -2.00. The Morgan fingerprint density at radius 3 is 2.68 bits per heavy atom. The third kappa shape index (κ3) is 4.00. The summed E-state index contributed by atoms with van der Waals surface area (Å²) in [7, 11) is 1.34. The van der Waals surface area contributed by atoms with Crippen molar-refractivity contribution in [2.24, 2.45) is 4.99 Å². The van der Waals surface area contributed by atoms with Gasteiger partial charge < -0.3 is 9.30 Å². The maximum Gasteiger partial charge on any atom is 0.337 e. The zero-order valence-corrected chi connectivity index (χ0v) is 15.7. The number of hydrogen-bond acceptors (Lipinski definition) is 3. The van der Waals surface area contributed by atoms with E-state index in [1.807, 2.05) is 47.2 Å². The van der Waals surface area contributed by atoms with Gasteiger partial charge in [0, 0.05) is 16.4 Å². The van der Waals surface area contributed by atoms with Gasteiger partial charge in [0.25, 0.3) is 0 Å². The summed E-state index contributed by atoms with van der Waals surface area (Å²) in [4.78, 5) is 16.1. The van der Waals surface area contributed by atoms with Crippen molar-refractivity contribution in [3.05, 3.63) is 81.5 Å². The molecule has 3 aromatic rings. The zero-order valence-electron chi connectivity index (χ0n) is 13.3. The minimum Gasteiger partial charge on any atom is -0.465 e. The number of benzene rings is 2. The molecule has 0 N–H and O–H groups in total. The summed E-state index contributed by atoms with van der Waals surface area (Å²) in [5.41, 5.74) is 2.82. The summed E-state index contributed by atoms with van der Waals surface area (Å²) in [5, 5.41) is 0.464. The molecule has 0 aliphatic rings. The van der Waals surface area contributed by atoms with Crippen LogP contribution in [0.1, 0.15) is 16.1 Å². The van der Waals surface area contributed by atoms with E-state index in [0.717, 1.165) is 15.9 Å². The Balaban J connectivity index is 1.92. The highest BCUT2D eigenvalue weighted by atomic mass is 79.9. The lowest BCUT2D eigenvalue weighted by molar-refractivity contribution is 0.0601. The van der Waals surface area contributed by atoms with Crippen molar-refractivity contribution >= 4 is 45.4 Å². The highest BCUT2D eigenvalue weighted by Crippen LogP contribution is 2.26. The molecule has 0 spiro atoms. The SMILES string of the molecule is COC(=O)c1ccc(Cl)c(N=Cc2cccn2-c2ccc(Br)cc2)c1. The third-order valence-electron chi connectivity index (χ3n) is 3.59. The van der Waals surface area contributed by atoms with Gasteiger partial charge in [-0.3, -0.25) is 4.99 Å². The van der Waals surface area contributed by atoms with E-state index < -0.39 is 5.97 Å². The van der Waals surface area contributed by atoms with Crippen LogP contribution in [0.4, 0.5) is 5.69 Å². The van der Waals surface area contributed by atoms with Crippen LogP contribution in [0, 0.1) is 0 Å². The van der Waals surface area contributed by atoms with E-state index in [0.29, 0.717) is 16.3 Å². The van der Waals surface area contributed by atoms with Crippen LogP contribution in [-0.2, 0) is 4.74 Å². The van der Waals surface area contributed by atoms with Gasteiger partial charge in [0.1, 0.15) is 0 Å². The molecule has 1 aromatic heterocycles. The quantitative estimate of drug-likeness (QED) is 0.419. The van der Waals surface area contributed by atoms with Gasteiger partial charge in [0.05, 0.1) is 35.3 Å². The lowest BCUT2D eigenvalue weighted by Gasteiger charge is -2.07. The Morgan fingerprint density at radius 2 is 1.96 bits per heavy atom. The first kappa shape index (κ1) is 17.5. The Bertz CT molecular complexity index is 933. The molecule has 0 fully saturated rings. The highest BCUT2D eigenvalue weighted by molar-refractivity contribution is 9.10. The number of aliphatic imine (C=N–C) groups is 1. The number of hydrogen-bond donors (Lipinski definition) is 0. The van der Waals surface area contributed by atoms with Gasteiger partial charge in [-0.1, -0.05) is 27.5 Å². The fourth-order valence-corrected chi connectivity index (χ4v) is 2.76. The minimum absolute atomic E-state index is 0.405. The molecular weight excluding hydrogens is 404 g/mol. The number of carbonyl (C=O) groups excluding carboxylic acids is 1. The molecule has 6 heteroatoms. The van der Waals surface area contributed by atoms with E-state index in [1.54, 1.807) is 24.4 Å². The van der Waals surface area contributed by atoms with Gasteiger partial charge in [-0.15, -0.1) is 0 Å². The van der Waals surface area contributed by atoms with Gasteiger partial charge in [0.15, 0.2) is 0 Å². The molecule has 0 saturated carbocycles. The molecule has 0 atom stereocenters. The first-order valence-corrected chi connectivity index (χ1v) is 8.61. The molecule has 1 heterocycles. The van der Waals surface area contributed by atoms with E-state index in [9.17, 15) is 4.79 Å². The number of halogens is 2. The standard InChI is InChI=1S/C19H14BrClN2O2/c1-25-19(24)13-4-9-17(21)18(11-13)22-12-16-3-2-10-23(16)15-7-5-14(20)6-8-15/h2-12H,1H3. The Morgan fingerprint density at radius 1 is 1.20 bits per heavy atom. The first-order chi connectivity index (χ1) is 12.1. The Hall–Kier alpha value is -2.37. The number of nitrogens with zero attached hydrogens (tertiary/aromatic N) is 2. The van der Waals surface area contributed by atoms with E-state index in [4.69, 9.17) is 16.3 Å². The second-order valence-electron chi connectivity index (χ2n) is 5.20. The predicted octanol–water partition coefficient (Wildman–Crippen LogP) is 5.43. The van der Waals surface area contributed by atoms with Crippen molar-refractivity contribution < 1.29 is 9.53 Å². The number of methoxy groups -OCH3 is 1. The topological polar surface area (TPSA) is 43.6 Å². The summed E-state index contributed by atoms with van der Waals surface area (Å²) >= 11 is 9.61. The van der Waals surface area contributed by atoms with Crippen molar-refractivity contribution in [2.75, 3.05) is 7.11 Å². The van der Waals surface area contributed by atoms with Gasteiger partial charge >= 0.3 is 5.97 Å². The zero-order chi connectivity index (χ0) is 17.8. The maximum absolute atomic E-state index is 11.7. The summed E-state index contributed by atoms with van der Waals surface area (Å²) in [6.45, 7) is 0. The molecule has 0 radical (unpaired) electrons. The summed E-state index contributed by atoms with van der Waals surface area (Å²) in [6, 6.07) is 16.7. The van der Waals surface area contributed by atoms with Crippen LogP contribution in [0.2, 0.25) is 5.02 Å². The second-order valence-corrected chi connectivity index (χ2v) is 6.52. The second kappa shape index (κ2) is 7.68. The molecule has 4 nitrogen and oxygen atoms in total. The highest BCUT2D eigenvalue weighted by Gasteiger charge is 2.08. The summed E-state index contributed by atoms with van der Waals surface area (Å²) < 4.78 is 7.75. The van der Waals surface area contributed by atoms with Gasteiger partial charge in [-0.05, 0) is 54.6 Å². The van der Waals surface area contributed by atoms with Crippen LogP contribution in [0.5, 0.6) is 0 Å². The smallest absolute Gasteiger partial charge is 0.337 e. The largest absolute Gasteiger partial charge is 0.465 e. The molecular formula is C19H14BrClN2O2. The predicted molar refractivity (Wildman–Crippen MR) is 104 cm³/mol. The molecule has 3 rings (SSSR count). The molecule has 126 valence electrons. The Kier molecular flexibility index (Phi) is 5.36. The van der Waals surface area contributed by atoms with E-state index in [2.05, 4.69) is 20.9 Å². The third-order valence-corrected chi connectivity index (χ3v) is 4.44. The van der Waals surface area contributed by atoms with Crippen molar-refractivity contribution in [1.82, 2.24) is 4.57 Å². The van der Waals surface area contributed by atoms with Crippen LogP contribution in [0.3, 0.4) is 0 Å². The number of carbonyl (C=O) groups is 1. The molecule has 0 unspecified atom stereocenters.